The van der Waals surface area contributed by atoms with Crippen molar-refractivity contribution in [3.63, 3.8) is 0 Å². The lowest BCUT2D eigenvalue weighted by Gasteiger charge is -2.24. The standard InChI is InChI=1S/C28H28N2O4.3H2/c1-27(2,3)22-9-8-20(15-21(22)17-5-4-6-18(13-17)25(29)31)30-26(32)28(11-12-28)19-7-10-23-24(14-19)34-16-33-23;;;/h4-10,13-15H,11-12,16H2,1-3H3,(H2,29,31)(H,30,32);3*1H. The first-order valence-corrected chi connectivity index (χ1v) is 11.4. The molecule has 1 heterocycles. The summed E-state index contributed by atoms with van der Waals surface area (Å²) in [5.41, 5.74) is 9.88. The molecule has 3 aromatic rings. The summed E-state index contributed by atoms with van der Waals surface area (Å²) < 4.78 is 10.9. The number of fused-ring (bicyclic) bond motifs is 1. The maximum Gasteiger partial charge on any atom is 0.248 e. The first-order valence-electron chi connectivity index (χ1n) is 11.4. The highest BCUT2D eigenvalue weighted by atomic mass is 16.7. The summed E-state index contributed by atoms with van der Waals surface area (Å²) in [7, 11) is 0. The maximum atomic E-state index is 13.4. The normalized spacial score (nSPS) is 15.6. The van der Waals surface area contributed by atoms with E-state index in [4.69, 9.17) is 15.2 Å². The summed E-state index contributed by atoms with van der Waals surface area (Å²) >= 11 is 0. The summed E-state index contributed by atoms with van der Waals surface area (Å²) in [6.45, 7) is 6.63. The summed E-state index contributed by atoms with van der Waals surface area (Å²) in [6.07, 6.45) is 1.57. The minimum Gasteiger partial charge on any atom is -0.454 e. The van der Waals surface area contributed by atoms with E-state index >= 15 is 0 Å². The van der Waals surface area contributed by atoms with Gasteiger partial charge in [0.25, 0.3) is 0 Å². The Bertz CT molecular complexity index is 1320. The van der Waals surface area contributed by atoms with Crippen LogP contribution in [0.25, 0.3) is 11.1 Å². The number of nitrogens with two attached hydrogens (primary N) is 1. The quantitative estimate of drug-likeness (QED) is 0.495. The van der Waals surface area contributed by atoms with Gasteiger partial charge in [0.2, 0.25) is 18.6 Å². The molecule has 180 valence electrons. The Hall–Kier alpha value is -3.80. The summed E-state index contributed by atoms with van der Waals surface area (Å²) in [4.78, 5) is 25.2. The number of rotatable bonds is 5. The third-order valence-electron chi connectivity index (χ3n) is 6.65. The molecule has 6 heteroatoms. The topological polar surface area (TPSA) is 90.7 Å². The molecule has 1 saturated carbocycles. The van der Waals surface area contributed by atoms with Crippen molar-refractivity contribution in [3.05, 3.63) is 77.4 Å². The average molecular weight is 463 g/mol. The summed E-state index contributed by atoms with van der Waals surface area (Å²) in [5, 5.41) is 3.13. The van der Waals surface area contributed by atoms with Gasteiger partial charge in [0.1, 0.15) is 0 Å². The molecule has 0 spiro atoms. The number of benzene rings is 3. The molecule has 0 bridgehead atoms. The third-order valence-corrected chi connectivity index (χ3v) is 6.65. The van der Waals surface area contributed by atoms with Crippen molar-refractivity contribution in [2.24, 2.45) is 5.73 Å². The summed E-state index contributed by atoms with van der Waals surface area (Å²) in [5.74, 6) is 0.887. The third kappa shape index (κ3) is 3.89. The minimum absolute atomic E-state index is 0. The first kappa shape index (κ1) is 22.0. The van der Waals surface area contributed by atoms with Crippen molar-refractivity contribution in [3.8, 4) is 22.6 Å². The van der Waals surface area contributed by atoms with Gasteiger partial charge in [-0.15, -0.1) is 0 Å². The van der Waals surface area contributed by atoms with E-state index in [0.717, 1.165) is 35.1 Å². The molecule has 0 radical (unpaired) electrons. The van der Waals surface area contributed by atoms with Crippen LogP contribution in [0.5, 0.6) is 11.5 Å². The molecule has 2 amide bonds. The van der Waals surface area contributed by atoms with Crippen LogP contribution in [0.4, 0.5) is 5.69 Å². The molecule has 2 aliphatic rings. The van der Waals surface area contributed by atoms with Crippen LogP contribution >= 0.6 is 0 Å². The van der Waals surface area contributed by atoms with Crippen LogP contribution in [0.1, 0.15) is 59.4 Å². The lowest BCUT2D eigenvalue weighted by atomic mass is 9.81. The van der Waals surface area contributed by atoms with Crippen molar-refractivity contribution in [2.75, 3.05) is 12.1 Å². The Balaban J connectivity index is 0.00000160. The number of primary amides is 1. The van der Waals surface area contributed by atoms with E-state index in [0.29, 0.717) is 22.7 Å². The van der Waals surface area contributed by atoms with Crippen LogP contribution in [0, 0.1) is 0 Å². The molecule has 1 aliphatic carbocycles. The Morgan fingerprint density at radius 2 is 1.74 bits per heavy atom. The zero-order valence-corrected chi connectivity index (χ0v) is 19.6. The zero-order valence-electron chi connectivity index (χ0n) is 19.6. The van der Waals surface area contributed by atoms with E-state index < -0.39 is 11.3 Å². The van der Waals surface area contributed by atoms with Gasteiger partial charge in [-0.05, 0) is 76.9 Å². The number of anilines is 1. The van der Waals surface area contributed by atoms with E-state index in [-0.39, 0.29) is 22.4 Å². The monoisotopic (exact) mass is 462 g/mol. The Morgan fingerprint density at radius 3 is 2.44 bits per heavy atom. The molecule has 0 saturated heterocycles. The average Bonchev–Trinajstić information content (AvgIpc) is 3.49. The molecule has 1 aliphatic heterocycles. The number of amides is 2. The maximum absolute atomic E-state index is 13.4. The summed E-state index contributed by atoms with van der Waals surface area (Å²) in [6, 6.07) is 19.0. The molecule has 1 fully saturated rings. The first-order chi connectivity index (χ1) is 16.2. The van der Waals surface area contributed by atoms with Gasteiger partial charge >= 0.3 is 0 Å². The lowest BCUT2D eigenvalue weighted by Crippen LogP contribution is -2.28. The minimum atomic E-state index is -0.560. The highest BCUT2D eigenvalue weighted by Gasteiger charge is 2.51. The van der Waals surface area contributed by atoms with E-state index in [9.17, 15) is 9.59 Å². The fourth-order valence-corrected chi connectivity index (χ4v) is 4.57. The Kier molecular flexibility index (Phi) is 5.12. The van der Waals surface area contributed by atoms with Crippen LogP contribution in [-0.2, 0) is 15.6 Å². The molecule has 0 aromatic heterocycles. The van der Waals surface area contributed by atoms with E-state index in [1.54, 1.807) is 12.1 Å². The number of carbonyl (C=O) groups is 2. The number of ether oxygens (including phenoxy) is 2. The van der Waals surface area contributed by atoms with E-state index in [1.807, 2.05) is 48.5 Å². The van der Waals surface area contributed by atoms with Gasteiger partial charge in [-0.25, -0.2) is 0 Å². The fraction of sp³-hybridized carbons (Fsp3) is 0.286. The highest BCUT2D eigenvalue weighted by Crippen LogP contribution is 2.51. The SMILES string of the molecule is CC(C)(C)c1ccc(NC(=O)C2(c3ccc4c(c3)OCO4)CC2)cc1-c1cccc(C(N)=O)c1.[HH].[HH].[HH]. The predicted octanol–water partition coefficient (Wildman–Crippen LogP) is 5.89. The van der Waals surface area contributed by atoms with Crippen molar-refractivity contribution >= 4 is 17.5 Å². The number of hydrogen-bond donors (Lipinski definition) is 2. The predicted molar refractivity (Wildman–Crippen MR) is 138 cm³/mol. The molecule has 0 atom stereocenters. The molecular weight excluding hydrogens is 428 g/mol. The second-order valence-corrected chi connectivity index (χ2v) is 10.1. The van der Waals surface area contributed by atoms with Crippen molar-refractivity contribution in [1.82, 2.24) is 0 Å². The van der Waals surface area contributed by atoms with Gasteiger partial charge in [0.05, 0.1) is 5.41 Å². The van der Waals surface area contributed by atoms with E-state index in [2.05, 4.69) is 26.1 Å². The van der Waals surface area contributed by atoms with Crippen LogP contribution < -0.4 is 20.5 Å². The fourth-order valence-electron chi connectivity index (χ4n) is 4.57. The molecule has 3 aromatic carbocycles. The lowest BCUT2D eigenvalue weighted by molar-refractivity contribution is -0.118. The zero-order chi connectivity index (χ0) is 24.1. The second-order valence-electron chi connectivity index (χ2n) is 10.1. The van der Waals surface area contributed by atoms with Gasteiger partial charge in [-0.1, -0.05) is 45.0 Å². The molecule has 6 nitrogen and oxygen atoms in total. The van der Waals surface area contributed by atoms with Gasteiger partial charge in [0, 0.05) is 15.5 Å². The largest absolute Gasteiger partial charge is 0.454 e. The Morgan fingerprint density at radius 1 is 0.971 bits per heavy atom. The number of hydrogen-bond acceptors (Lipinski definition) is 4. The van der Waals surface area contributed by atoms with Gasteiger partial charge in [0.15, 0.2) is 11.5 Å². The smallest absolute Gasteiger partial charge is 0.248 e. The van der Waals surface area contributed by atoms with Gasteiger partial charge in [-0.3, -0.25) is 9.59 Å². The van der Waals surface area contributed by atoms with Crippen molar-refractivity contribution in [2.45, 2.75) is 44.4 Å². The van der Waals surface area contributed by atoms with Crippen molar-refractivity contribution in [1.29, 1.82) is 0 Å². The van der Waals surface area contributed by atoms with Crippen LogP contribution in [0.2, 0.25) is 0 Å². The van der Waals surface area contributed by atoms with E-state index in [1.165, 1.54) is 0 Å². The highest BCUT2D eigenvalue weighted by molar-refractivity contribution is 6.02. The van der Waals surface area contributed by atoms with Crippen molar-refractivity contribution < 1.29 is 23.3 Å². The molecule has 3 N–H and O–H groups in total. The molecule has 0 unspecified atom stereocenters. The van der Waals surface area contributed by atoms with Gasteiger partial charge < -0.3 is 20.5 Å². The number of carbonyl (C=O) groups excluding carboxylic acids is 2. The molecule has 34 heavy (non-hydrogen) atoms. The van der Waals surface area contributed by atoms with Crippen LogP contribution in [0.15, 0.2) is 60.7 Å². The Labute approximate surface area is 203 Å². The molecule has 5 rings (SSSR count). The second kappa shape index (κ2) is 7.90. The van der Waals surface area contributed by atoms with Gasteiger partial charge in [-0.2, -0.15) is 0 Å². The molecular formula is C28H34N2O4. The van der Waals surface area contributed by atoms with Crippen LogP contribution in [0.3, 0.4) is 0 Å². The van der Waals surface area contributed by atoms with Crippen LogP contribution in [-0.4, -0.2) is 18.6 Å². The number of nitrogens with one attached hydrogen (secondary N) is 1.